The maximum absolute atomic E-state index is 13.6. The molecular formula is C11H10F2N2. The fraction of sp³-hybridized carbons (Fsp3) is 0.182. The third-order valence-electron chi connectivity index (χ3n) is 2.30. The van der Waals surface area contributed by atoms with Crippen LogP contribution in [0.5, 0.6) is 0 Å². The average Bonchev–Trinajstić information content (AvgIpc) is 2.25. The van der Waals surface area contributed by atoms with E-state index >= 15 is 0 Å². The van der Waals surface area contributed by atoms with Crippen LogP contribution in [0.25, 0.3) is 10.9 Å². The summed E-state index contributed by atoms with van der Waals surface area (Å²) in [6, 6.07) is 4.30. The highest BCUT2D eigenvalue weighted by molar-refractivity contribution is 5.82. The van der Waals surface area contributed by atoms with Crippen molar-refractivity contribution in [1.82, 2.24) is 4.98 Å². The molecule has 0 aliphatic rings. The van der Waals surface area contributed by atoms with Crippen LogP contribution in [0, 0.1) is 18.6 Å². The standard InChI is InChI=1S/C11H10F2N2/c1-6-5-8(12)11-7(10(6)13)3-4-9(14-2)15-11/h3-5H,1-2H3,(H,14,15). The van der Waals surface area contributed by atoms with Gasteiger partial charge in [-0.15, -0.1) is 0 Å². The number of nitrogens with one attached hydrogen (secondary N) is 1. The van der Waals surface area contributed by atoms with E-state index in [-0.39, 0.29) is 10.9 Å². The lowest BCUT2D eigenvalue weighted by atomic mass is 10.1. The SMILES string of the molecule is CNc1ccc2c(F)c(C)cc(F)c2n1. The van der Waals surface area contributed by atoms with E-state index in [4.69, 9.17) is 0 Å². The van der Waals surface area contributed by atoms with Gasteiger partial charge in [-0.05, 0) is 30.7 Å². The predicted molar refractivity (Wildman–Crippen MR) is 55.9 cm³/mol. The Morgan fingerprint density at radius 3 is 2.67 bits per heavy atom. The van der Waals surface area contributed by atoms with Crippen molar-refractivity contribution in [3.63, 3.8) is 0 Å². The second-order valence-electron chi connectivity index (χ2n) is 3.33. The number of aromatic nitrogens is 1. The van der Waals surface area contributed by atoms with Crippen LogP contribution in [-0.4, -0.2) is 12.0 Å². The number of hydrogen-bond acceptors (Lipinski definition) is 2. The Morgan fingerprint density at radius 1 is 1.27 bits per heavy atom. The molecule has 0 saturated heterocycles. The van der Waals surface area contributed by atoms with Crippen LogP contribution < -0.4 is 5.32 Å². The first kappa shape index (κ1) is 9.83. The zero-order valence-electron chi connectivity index (χ0n) is 8.44. The average molecular weight is 208 g/mol. The van der Waals surface area contributed by atoms with Gasteiger partial charge in [0.1, 0.15) is 23.0 Å². The fourth-order valence-electron chi connectivity index (χ4n) is 1.49. The number of anilines is 1. The van der Waals surface area contributed by atoms with Crippen LogP contribution in [0.4, 0.5) is 14.6 Å². The van der Waals surface area contributed by atoms with E-state index in [1.54, 1.807) is 13.1 Å². The molecule has 78 valence electrons. The summed E-state index contributed by atoms with van der Waals surface area (Å²) in [4.78, 5) is 3.97. The number of pyridine rings is 1. The Kier molecular flexibility index (Phi) is 2.26. The van der Waals surface area contributed by atoms with Crippen molar-refractivity contribution in [2.24, 2.45) is 0 Å². The molecule has 1 aromatic heterocycles. The van der Waals surface area contributed by atoms with Crippen molar-refractivity contribution >= 4 is 16.7 Å². The van der Waals surface area contributed by atoms with Gasteiger partial charge in [-0.2, -0.15) is 0 Å². The van der Waals surface area contributed by atoms with Gasteiger partial charge in [0.25, 0.3) is 0 Å². The van der Waals surface area contributed by atoms with Crippen molar-refractivity contribution in [1.29, 1.82) is 0 Å². The minimum Gasteiger partial charge on any atom is -0.373 e. The largest absolute Gasteiger partial charge is 0.373 e. The van der Waals surface area contributed by atoms with E-state index in [9.17, 15) is 8.78 Å². The first-order valence-corrected chi connectivity index (χ1v) is 4.56. The molecule has 0 fully saturated rings. The Labute approximate surface area is 85.9 Å². The Balaban J connectivity index is 2.84. The van der Waals surface area contributed by atoms with Gasteiger partial charge in [-0.1, -0.05) is 0 Å². The molecule has 1 aromatic carbocycles. The van der Waals surface area contributed by atoms with Gasteiger partial charge in [0.2, 0.25) is 0 Å². The molecule has 0 bridgehead atoms. The smallest absolute Gasteiger partial charge is 0.149 e. The summed E-state index contributed by atoms with van der Waals surface area (Å²) in [5.41, 5.74) is 0.351. The molecule has 0 saturated carbocycles. The predicted octanol–water partition coefficient (Wildman–Crippen LogP) is 2.86. The number of nitrogens with zero attached hydrogens (tertiary/aromatic N) is 1. The number of aryl methyl sites for hydroxylation is 1. The highest BCUT2D eigenvalue weighted by Crippen LogP contribution is 2.23. The summed E-state index contributed by atoms with van der Waals surface area (Å²) in [5.74, 6) is -0.396. The zero-order valence-corrected chi connectivity index (χ0v) is 8.44. The third-order valence-corrected chi connectivity index (χ3v) is 2.30. The van der Waals surface area contributed by atoms with E-state index in [1.807, 2.05) is 0 Å². The second-order valence-corrected chi connectivity index (χ2v) is 3.33. The molecular weight excluding hydrogens is 198 g/mol. The van der Waals surface area contributed by atoms with Gasteiger partial charge < -0.3 is 5.32 Å². The van der Waals surface area contributed by atoms with E-state index < -0.39 is 11.6 Å². The zero-order chi connectivity index (χ0) is 11.0. The number of rotatable bonds is 1. The Morgan fingerprint density at radius 2 is 2.00 bits per heavy atom. The van der Waals surface area contributed by atoms with E-state index in [2.05, 4.69) is 10.3 Å². The first-order valence-electron chi connectivity index (χ1n) is 4.56. The lowest BCUT2D eigenvalue weighted by molar-refractivity contribution is 0.608. The van der Waals surface area contributed by atoms with E-state index in [1.165, 1.54) is 13.0 Å². The van der Waals surface area contributed by atoms with E-state index in [0.29, 0.717) is 11.4 Å². The molecule has 0 atom stereocenters. The topological polar surface area (TPSA) is 24.9 Å². The third kappa shape index (κ3) is 1.52. The van der Waals surface area contributed by atoms with Gasteiger partial charge >= 0.3 is 0 Å². The Hall–Kier alpha value is -1.71. The maximum atomic E-state index is 13.6. The molecule has 2 nitrogen and oxygen atoms in total. The van der Waals surface area contributed by atoms with Gasteiger partial charge in [0.15, 0.2) is 0 Å². The molecule has 0 amide bonds. The molecule has 15 heavy (non-hydrogen) atoms. The van der Waals surface area contributed by atoms with Crippen molar-refractivity contribution in [3.8, 4) is 0 Å². The summed E-state index contributed by atoms with van der Waals surface area (Å²) in [7, 11) is 1.68. The molecule has 1 heterocycles. The molecule has 0 unspecified atom stereocenters. The minimum atomic E-state index is -0.499. The summed E-state index contributed by atoms with van der Waals surface area (Å²) >= 11 is 0. The van der Waals surface area contributed by atoms with Crippen LogP contribution in [0.15, 0.2) is 18.2 Å². The summed E-state index contributed by atoms with van der Waals surface area (Å²) in [6.45, 7) is 1.53. The summed E-state index contributed by atoms with van der Waals surface area (Å²) in [6.07, 6.45) is 0. The lowest BCUT2D eigenvalue weighted by Crippen LogP contribution is -1.96. The summed E-state index contributed by atoms with van der Waals surface area (Å²) < 4.78 is 27.1. The molecule has 0 aliphatic carbocycles. The highest BCUT2D eigenvalue weighted by atomic mass is 19.1. The van der Waals surface area contributed by atoms with Crippen LogP contribution in [-0.2, 0) is 0 Å². The number of fused-ring (bicyclic) bond motifs is 1. The number of hydrogen-bond donors (Lipinski definition) is 1. The molecule has 0 radical (unpaired) electrons. The van der Waals surface area contributed by atoms with Crippen LogP contribution in [0.2, 0.25) is 0 Å². The van der Waals surface area contributed by atoms with Gasteiger partial charge in [0, 0.05) is 12.4 Å². The summed E-state index contributed by atoms with van der Waals surface area (Å²) in [5, 5.41) is 2.99. The van der Waals surface area contributed by atoms with Gasteiger partial charge in [0.05, 0.1) is 0 Å². The normalized spacial score (nSPS) is 10.7. The molecule has 0 aliphatic heterocycles. The van der Waals surface area contributed by atoms with Crippen LogP contribution in [0.3, 0.4) is 0 Å². The lowest BCUT2D eigenvalue weighted by Gasteiger charge is -2.05. The van der Waals surface area contributed by atoms with Crippen LogP contribution >= 0.6 is 0 Å². The Bertz CT molecular complexity index is 523. The van der Waals surface area contributed by atoms with Crippen LogP contribution in [0.1, 0.15) is 5.56 Å². The van der Waals surface area contributed by atoms with Gasteiger partial charge in [-0.25, -0.2) is 13.8 Å². The van der Waals surface area contributed by atoms with Crippen molar-refractivity contribution in [2.45, 2.75) is 6.92 Å². The second kappa shape index (κ2) is 3.46. The van der Waals surface area contributed by atoms with Crippen molar-refractivity contribution < 1.29 is 8.78 Å². The van der Waals surface area contributed by atoms with Gasteiger partial charge in [-0.3, -0.25) is 0 Å². The maximum Gasteiger partial charge on any atom is 0.149 e. The molecule has 4 heteroatoms. The molecule has 2 rings (SSSR count). The molecule has 2 aromatic rings. The first-order chi connectivity index (χ1) is 7.13. The quantitative estimate of drug-likeness (QED) is 0.779. The number of benzene rings is 1. The monoisotopic (exact) mass is 208 g/mol. The molecule has 0 spiro atoms. The fourth-order valence-corrected chi connectivity index (χ4v) is 1.49. The minimum absolute atomic E-state index is 0.0601. The van der Waals surface area contributed by atoms with Crippen molar-refractivity contribution in [2.75, 3.05) is 12.4 Å². The number of halogens is 2. The molecule has 1 N–H and O–H groups in total. The van der Waals surface area contributed by atoms with Crippen molar-refractivity contribution in [3.05, 3.63) is 35.4 Å². The van der Waals surface area contributed by atoms with E-state index in [0.717, 1.165) is 6.07 Å². The highest BCUT2D eigenvalue weighted by Gasteiger charge is 2.10.